The third-order valence-corrected chi connectivity index (χ3v) is 8.06. The van der Waals surface area contributed by atoms with E-state index in [2.05, 4.69) is 39.1 Å². The van der Waals surface area contributed by atoms with Crippen LogP contribution in [0.3, 0.4) is 0 Å². The Hall–Kier alpha value is -3.54. The molecule has 0 fully saturated rings. The molecule has 2 aromatic rings. The summed E-state index contributed by atoms with van der Waals surface area (Å²) in [6, 6.07) is 4.60. The first-order valence-electron chi connectivity index (χ1n) is 15.4. The number of ether oxygens (including phenoxy) is 4. The number of fused-ring (bicyclic) bond motifs is 2. The molecule has 0 unspecified atom stereocenters. The summed E-state index contributed by atoms with van der Waals surface area (Å²) in [5.41, 5.74) is 10.9. The molecule has 0 saturated carbocycles. The minimum absolute atomic E-state index is 0.287. The van der Waals surface area contributed by atoms with E-state index in [-0.39, 0.29) is 25.2 Å². The van der Waals surface area contributed by atoms with Crippen LogP contribution in [0.2, 0.25) is 0 Å². The van der Waals surface area contributed by atoms with E-state index in [1.807, 2.05) is 0 Å². The van der Waals surface area contributed by atoms with Gasteiger partial charge < -0.3 is 18.9 Å². The second-order valence-electron chi connectivity index (χ2n) is 11.7. The zero-order valence-electron chi connectivity index (χ0n) is 25.9. The highest BCUT2D eigenvalue weighted by Gasteiger charge is 2.29. The minimum Gasteiger partial charge on any atom is -0.493 e. The maximum atomic E-state index is 11.8. The number of benzene rings is 2. The Bertz CT molecular complexity index is 1250. The predicted molar refractivity (Wildman–Crippen MR) is 166 cm³/mol. The van der Waals surface area contributed by atoms with E-state index in [1.54, 1.807) is 13.8 Å². The van der Waals surface area contributed by atoms with Gasteiger partial charge in [-0.1, -0.05) is 25.3 Å². The van der Waals surface area contributed by atoms with Crippen LogP contribution in [0, 0.1) is 13.8 Å². The lowest BCUT2D eigenvalue weighted by molar-refractivity contribution is -0.140. The summed E-state index contributed by atoms with van der Waals surface area (Å²) in [5.74, 6) is 1.06. The molecule has 0 saturated heterocycles. The summed E-state index contributed by atoms with van der Waals surface area (Å²) in [6.07, 6.45) is 10.0. The van der Waals surface area contributed by atoms with Crippen molar-refractivity contribution in [1.82, 2.24) is 0 Å². The van der Waals surface area contributed by atoms with Gasteiger partial charge in [0.25, 0.3) is 0 Å². The summed E-state index contributed by atoms with van der Waals surface area (Å²) in [4.78, 5) is 23.6. The first-order chi connectivity index (χ1) is 20.2. The number of carbonyl (C=O) groups is 2. The molecule has 0 aromatic heterocycles. The monoisotopic (exact) mass is 574 g/mol. The average Bonchev–Trinajstić information content (AvgIpc) is 2.96. The quantitative estimate of drug-likeness (QED) is 0.140. The molecule has 4 rings (SSSR count). The van der Waals surface area contributed by atoms with Gasteiger partial charge in [-0.15, -0.1) is 0 Å². The number of hydrogen-bond acceptors (Lipinski definition) is 6. The Morgan fingerprint density at radius 2 is 1.02 bits per heavy atom. The molecule has 0 amide bonds. The molecule has 0 radical (unpaired) electrons. The van der Waals surface area contributed by atoms with Gasteiger partial charge in [0.05, 0.1) is 26.4 Å². The zero-order chi connectivity index (χ0) is 30.2. The van der Waals surface area contributed by atoms with Crippen molar-refractivity contribution >= 4 is 11.9 Å². The molecular weight excluding hydrogens is 528 g/mol. The number of rotatable bonds is 13. The van der Waals surface area contributed by atoms with Crippen LogP contribution in [0.25, 0.3) is 11.1 Å². The van der Waals surface area contributed by atoms with Crippen LogP contribution < -0.4 is 9.47 Å². The minimum atomic E-state index is -0.372. The topological polar surface area (TPSA) is 71.1 Å². The molecule has 2 aliphatic rings. The van der Waals surface area contributed by atoms with Crippen molar-refractivity contribution in [1.29, 1.82) is 0 Å². The number of hydrogen-bond donors (Lipinski definition) is 0. The molecule has 0 N–H and O–H groups in total. The van der Waals surface area contributed by atoms with Crippen LogP contribution in [0.5, 0.6) is 11.5 Å². The summed E-state index contributed by atoms with van der Waals surface area (Å²) in [5, 5.41) is 0. The van der Waals surface area contributed by atoms with E-state index in [1.165, 1.54) is 46.2 Å². The fraction of sp³-hybridized carbons (Fsp3) is 0.500. The maximum absolute atomic E-state index is 11.8. The van der Waals surface area contributed by atoms with Gasteiger partial charge in [0.15, 0.2) is 0 Å². The third kappa shape index (κ3) is 7.45. The molecule has 42 heavy (non-hydrogen) atoms. The SMILES string of the molecule is C=C(C)C(=O)OCCCOc1c(C)cc2c(c1-c1c3c(cc(C)c1OCCCOC(=O)C(=C)C)CCCC3)CCCC2. The van der Waals surface area contributed by atoms with E-state index < -0.39 is 0 Å². The van der Waals surface area contributed by atoms with Crippen molar-refractivity contribution in [2.24, 2.45) is 0 Å². The van der Waals surface area contributed by atoms with Crippen molar-refractivity contribution in [3.63, 3.8) is 0 Å². The van der Waals surface area contributed by atoms with E-state index in [9.17, 15) is 9.59 Å². The van der Waals surface area contributed by atoms with Gasteiger partial charge in [0.2, 0.25) is 0 Å². The lowest BCUT2D eigenvalue weighted by Crippen LogP contribution is -2.15. The van der Waals surface area contributed by atoms with E-state index in [4.69, 9.17) is 18.9 Å². The molecular formula is C36H46O6. The molecule has 0 bridgehead atoms. The molecule has 2 aliphatic carbocycles. The molecule has 6 heteroatoms. The van der Waals surface area contributed by atoms with Crippen molar-refractivity contribution in [3.05, 3.63) is 69.8 Å². The van der Waals surface area contributed by atoms with Gasteiger partial charge >= 0.3 is 11.9 Å². The Kier molecular flexibility index (Phi) is 10.9. The van der Waals surface area contributed by atoms with Crippen LogP contribution in [-0.4, -0.2) is 38.4 Å². The molecule has 0 atom stereocenters. The lowest BCUT2D eigenvalue weighted by atomic mass is 9.78. The standard InChI is InChI=1S/C36H46O6/c1-23(2)35(37)41-19-11-17-39-33-25(5)21-27-13-7-9-15-29(27)31(33)32-30-16-10-8-14-28(30)22-26(6)34(32)40-18-12-20-42-36(38)24(3)4/h21-22H,1,3,7-20H2,2,4-6H3. The lowest BCUT2D eigenvalue weighted by Gasteiger charge is -2.30. The Labute approximate surface area is 251 Å². The smallest absolute Gasteiger partial charge is 0.333 e. The van der Waals surface area contributed by atoms with Crippen LogP contribution in [0.15, 0.2) is 36.4 Å². The second-order valence-corrected chi connectivity index (χ2v) is 11.7. The van der Waals surface area contributed by atoms with Crippen LogP contribution in [0.4, 0.5) is 0 Å². The molecule has 6 nitrogen and oxygen atoms in total. The summed E-state index contributed by atoms with van der Waals surface area (Å²) >= 11 is 0. The molecule has 0 spiro atoms. The fourth-order valence-electron chi connectivity index (χ4n) is 6.01. The van der Waals surface area contributed by atoms with Crippen molar-refractivity contribution in [2.45, 2.75) is 91.9 Å². The number of esters is 2. The molecule has 0 aliphatic heterocycles. The normalized spacial score (nSPS) is 13.9. The van der Waals surface area contributed by atoms with Crippen LogP contribution in [-0.2, 0) is 44.7 Å². The summed E-state index contributed by atoms with van der Waals surface area (Å²) in [6.45, 7) is 16.3. The number of aryl methyl sites for hydroxylation is 4. The van der Waals surface area contributed by atoms with Gasteiger partial charge in [-0.2, -0.15) is 0 Å². The summed E-state index contributed by atoms with van der Waals surface area (Å²) < 4.78 is 23.8. The van der Waals surface area contributed by atoms with Crippen molar-refractivity contribution in [2.75, 3.05) is 26.4 Å². The van der Waals surface area contributed by atoms with Crippen molar-refractivity contribution < 1.29 is 28.5 Å². The highest BCUT2D eigenvalue weighted by atomic mass is 16.5. The Morgan fingerprint density at radius 3 is 1.40 bits per heavy atom. The average molecular weight is 575 g/mol. The van der Waals surface area contributed by atoms with E-state index in [0.717, 1.165) is 61.2 Å². The van der Waals surface area contributed by atoms with Crippen LogP contribution >= 0.6 is 0 Å². The zero-order valence-corrected chi connectivity index (χ0v) is 25.9. The van der Waals surface area contributed by atoms with Crippen molar-refractivity contribution in [3.8, 4) is 22.6 Å². The largest absolute Gasteiger partial charge is 0.493 e. The van der Waals surface area contributed by atoms with Gasteiger partial charge in [0.1, 0.15) is 11.5 Å². The summed E-state index contributed by atoms with van der Waals surface area (Å²) in [7, 11) is 0. The molecule has 2 aromatic carbocycles. The Balaban J connectivity index is 1.70. The first-order valence-corrected chi connectivity index (χ1v) is 15.4. The van der Waals surface area contributed by atoms with Crippen LogP contribution in [0.1, 0.15) is 85.8 Å². The number of carbonyl (C=O) groups excluding carboxylic acids is 2. The van der Waals surface area contributed by atoms with Gasteiger partial charge in [-0.3, -0.25) is 0 Å². The highest BCUT2D eigenvalue weighted by molar-refractivity contribution is 5.87. The Morgan fingerprint density at radius 1 is 0.643 bits per heavy atom. The molecule has 0 heterocycles. The van der Waals surface area contributed by atoms with Gasteiger partial charge in [0, 0.05) is 35.1 Å². The third-order valence-electron chi connectivity index (χ3n) is 8.06. The van der Waals surface area contributed by atoms with Gasteiger partial charge in [-0.25, -0.2) is 9.59 Å². The van der Waals surface area contributed by atoms with Gasteiger partial charge in [-0.05, 0) is 112 Å². The van der Waals surface area contributed by atoms with E-state index >= 15 is 0 Å². The highest BCUT2D eigenvalue weighted by Crippen LogP contribution is 2.49. The predicted octanol–water partition coefficient (Wildman–Crippen LogP) is 7.50. The molecule has 226 valence electrons. The van der Waals surface area contributed by atoms with E-state index in [0.29, 0.717) is 37.2 Å². The second kappa shape index (κ2) is 14.6. The maximum Gasteiger partial charge on any atom is 0.333 e. The first kappa shape index (κ1) is 31.4. The fourth-order valence-corrected chi connectivity index (χ4v) is 6.01.